The number of carbonyl (C=O) groups excluding carboxylic acids is 2. The van der Waals surface area contributed by atoms with Crippen molar-refractivity contribution in [2.24, 2.45) is 0 Å². The van der Waals surface area contributed by atoms with E-state index in [9.17, 15) is 9.59 Å². The summed E-state index contributed by atoms with van der Waals surface area (Å²) in [6, 6.07) is 13.3. The van der Waals surface area contributed by atoms with Crippen molar-refractivity contribution in [2.75, 3.05) is 19.6 Å². The van der Waals surface area contributed by atoms with E-state index in [0.717, 1.165) is 41.7 Å². The maximum absolute atomic E-state index is 12.2. The molecule has 0 aromatic heterocycles. The van der Waals surface area contributed by atoms with Crippen LogP contribution in [0.25, 0.3) is 11.1 Å². The third-order valence-corrected chi connectivity index (χ3v) is 5.40. The van der Waals surface area contributed by atoms with Crippen LogP contribution < -0.4 is 10.1 Å². The first kappa shape index (κ1) is 27.5. The van der Waals surface area contributed by atoms with Gasteiger partial charge in [0.2, 0.25) is 0 Å². The molecule has 1 amide bonds. The van der Waals surface area contributed by atoms with E-state index < -0.39 is 23.7 Å². The summed E-state index contributed by atoms with van der Waals surface area (Å²) in [5, 5.41) is 2.61. The Morgan fingerprint density at radius 3 is 2.35 bits per heavy atom. The van der Waals surface area contributed by atoms with Crippen LogP contribution in [0.1, 0.15) is 51.7 Å². The first-order valence-corrected chi connectivity index (χ1v) is 12.2. The number of carbonyl (C=O) groups is 2. The van der Waals surface area contributed by atoms with E-state index in [2.05, 4.69) is 24.4 Å². The van der Waals surface area contributed by atoms with E-state index in [1.807, 2.05) is 30.3 Å². The molecule has 1 N–H and O–H groups in total. The van der Waals surface area contributed by atoms with Crippen molar-refractivity contribution >= 4 is 23.7 Å². The summed E-state index contributed by atoms with van der Waals surface area (Å²) in [5.74, 6) is 0.987. The summed E-state index contributed by atoms with van der Waals surface area (Å²) in [4.78, 5) is 24.4. The van der Waals surface area contributed by atoms with Gasteiger partial charge in [-0.3, -0.25) is 0 Å². The molecule has 0 radical (unpaired) electrons. The van der Waals surface area contributed by atoms with Crippen molar-refractivity contribution in [2.45, 2.75) is 65.0 Å². The number of halogens is 1. The lowest BCUT2D eigenvalue weighted by molar-refractivity contribution is -0.143. The van der Waals surface area contributed by atoms with E-state index in [0.29, 0.717) is 18.9 Å². The van der Waals surface area contributed by atoms with Gasteiger partial charge >= 0.3 is 12.1 Å². The Morgan fingerprint density at radius 2 is 1.76 bits per heavy atom. The number of hydrogen-bond donors (Lipinski definition) is 1. The predicted octanol–water partition coefficient (Wildman–Crippen LogP) is 5.92. The molecule has 34 heavy (non-hydrogen) atoms. The first-order chi connectivity index (χ1) is 16.2. The zero-order valence-corrected chi connectivity index (χ0v) is 21.5. The Hall–Kier alpha value is -2.73. The maximum atomic E-state index is 12.2. The minimum atomic E-state index is -0.841. The Bertz CT molecular complexity index is 937. The Kier molecular flexibility index (Phi) is 10.7. The van der Waals surface area contributed by atoms with Crippen LogP contribution in [0.5, 0.6) is 5.75 Å². The average Bonchev–Trinajstić information content (AvgIpc) is 2.80. The number of unbranched alkanes of at least 4 members (excludes halogenated alkanes) is 1. The number of amides is 1. The summed E-state index contributed by atoms with van der Waals surface area (Å²) in [5.41, 5.74) is 3.64. The van der Waals surface area contributed by atoms with Gasteiger partial charge < -0.3 is 19.5 Å². The standard InChI is InChI=1S/C27H36ClNO5/c1-6-20-18-22(33-16-8-7-15-28)13-14-23(20)21-11-9-19(10-12-21)17-24(25(30)32-5)29-26(31)34-27(2,3)4/h9-14,18,24H,6-8,15-17H2,1-5H3,(H,29,31)/t24-/m0/s1. The molecular formula is C27H36ClNO5. The number of esters is 1. The average molecular weight is 490 g/mol. The third-order valence-electron chi connectivity index (χ3n) is 5.14. The second kappa shape index (κ2) is 13.2. The van der Waals surface area contributed by atoms with Gasteiger partial charge in [0, 0.05) is 12.3 Å². The highest BCUT2D eigenvalue weighted by Crippen LogP contribution is 2.28. The molecule has 0 aliphatic heterocycles. The van der Waals surface area contributed by atoms with Gasteiger partial charge in [-0.05, 0) is 74.4 Å². The molecule has 1 atom stereocenters. The lowest BCUT2D eigenvalue weighted by Crippen LogP contribution is -2.45. The number of benzene rings is 2. The van der Waals surface area contributed by atoms with Gasteiger partial charge in [-0.25, -0.2) is 9.59 Å². The number of alkyl halides is 1. The number of ether oxygens (including phenoxy) is 3. The van der Waals surface area contributed by atoms with E-state index in [4.69, 9.17) is 25.8 Å². The fourth-order valence-corrected chi connectivity index (χ4v) is 3.65. The Labute approximate surface area is 207 Å². The highest BCUT2D eigenvalue weighted by molar-refractivity contribution is 6.17. The van der Waals surface area contributed by atoms with Crippen molar-refractivity contribution in [3.63, 3.8) is 0 Å². The van der Waals surface area contributed by atoms with E-state index in [1.54, 1.807) is 20.8 Å². The molecule has 2 rings (SSSR count). The van der Waals surface area contributed by atoms with Crippen molar-refractivity contribution in [3.05, 3.63) is 53.6 Å². The van der Waals surface area contributed by atoms with Gasteiger partial charge in [0.1, 0.15) is 17.4 Å². The van der Waals surface area contributed by atoms with Gasteiger partial charge in [0.25, 0.3) is 0 Å². The summed E-state index contributed by atoms with van der Waals surface area (Å²) in [7, 11) is 1.30. The number of aryl methyl sites for hydroxylation is 1. The van der Waals surface area contributed by atoms with Crippen LogP contribution in [-0.4, -0.2) is 43.3 Å². The fraction of sp³-hybridized carbons (Fsp3) is 0.481. The van der Waals surface area contributed by atoms with Crippen molar-refractivity contribution < 1.29 is 23.8 Å². The van der Waals surface area contributed by atoms with E-state index in [-0.39, 0.29) is 0 Å². The number of rotatable bonds is 11. The van der Waals surface area contributed by atoms with Crippen LogP contribution in [0, 0.1) is 0 Å². The Balaban J connectivity index is 2.11. The zero-order chi connectivity index (χ0) is 25.1. The predicted molar refractivity (Wildman–Crippen MR) is 136 cm³/mol. The van der Waals surface area contributed by atoms with Crippen LogP contribution in [0.4, 0.5) is 4.79 Å². The van der Waals surface area contributed by atoms with Crippen molar-refractivity contribution in [3.8, 4) is 16.9 Å². The first-order valence-electron chi connectivity index (χ1n) is 11.6. The molecule has 0 unspecified atom stereocenters. The molecule has 0 bridgehead atoms. The van der Waals surface area contributed by atoms with Crippen LogP contribution >= 0.6 is 11.6 Å². The SMILES string of the molecule is CCc1cc(OCCCCCl)ccc1-c1ccc(C[C@H](NC(=O)OC(C)(C)C)C(=O)OC)cc1. The number of alkyl carbamates (subject to hydrolysis) is 1. The van der Waals surface area contributed by atoms with Crippen LogP contribution in [0.15, 0.2) is 42.5 Å². The lowest BCUT2D eigenvalue weighted by Gasteiger charge is -2.22. The molecule has 6 nitrogen and oxygen atoms in total. The normalized spacial score (nSPS) is 12.1. The zero-order valence-electron chi connectivity index (χ0n) is 20.8. The van der Waals surface area contributed by atoms with Crippen LogP contribution in [-0.2, 0) is 27.1 Å². The van der Waals surface area contributed by atoms with Crippen molar-refractivity contribution in [1.29, 1.82) is 0 Å². The molecular weight excluding hydrogens is 454 g/mol. The number of methoxy groups -OCH3 is 1. The topological polar surface area (TPSA) is 73.9 Å². The molecule has 0 fully saturated rings. The van der Waals surface area contributed by atoms with Crippen LogP contribution in [0.3, 0.4) is 0 Å². The van der Waals surface area contributed by atoms with Gasteiger partial charge in [-0.15, -0.1) is 11.6 Å². The van der Waals surface area contributed by atoms with Gasteiger partial charge in [0.15, 0.2) is 0 Å². The monoisotopic (exact) mass is 489 g/mol. The highest BCUT2D eigenvalue weighted by atomic mass is 35.5. The molecule has 0 aliphatic carbocycles. The lowest BCUT2D eigenvalue weighted by atomic mass is 9.96. The quantitative estimate of drug-likeness (QED) is 0.241. The largest absolute Gasteiger partial charge is 0.494 e. The van der Waals surface area contributed by atoms with Crippen molar-refractivity contribution in [1.82, 2.24) is 5.32 Å². The minimum Gasteiger partial charge on any atom is -0.494 e. The second-order valence-electron chi connectivity index (χ2n) is 9.04. The molecule has 0 spiro atoms. The Morgan fingerprint density at radius 1 is 1.06 bits per heavy atom. The number of hydrogen-bond acceptors (Lipinski definition) is 5. The third kappa shape index (κ3) is 8.90. The summed E-state index contributed by atoms with van der Waals surface area (Å²) < 4.78 is 16.0. The minimum absolute atomic E-state index is 0.294. The molecule has 0 saturated heterocycles. The highest BCUT2D eigenvalue weighted by Gasteiger charge is 2.25. The van der Waals surface area contributed by atoms with Gasteiger partial charge in [-0.1, -0.05) is 37.3 Å². The smallest absolute Gasteiger partial charge is 0.408 e. The molecule has 7 heteroatoms. The summed E-state index contributed by atoms with van der Waals surface area (Å²) in [6.45, 7) is 8.08. The number of nitrogens with one attached hydrogen (secondary N) is 1. The summed E-state index contributed by atoms with van der Waals surface area (Å²) in [6.07, 6.45) is 2.39. The maximum Gasteiger partial charge on any atom is 0.408 e. The van der Waals surface area contributed by atoms with Gasteiger partial charge in [-0.2, -0.15) is 0 Å². The van der Waals surface area contributed by atoms with Gasteiger partial charge in [0.05, 0.1) is 13.7 Å². The molecule has 0 saturated carbocycles. The molecule has 2 aromatic carbocycles. The van der Waals surface area contributed by atoms with E-state index >= 15 is 0 Å². The fourth-order valence-electron chi connectivity index (χ4n) is 3.46. The molecule has 0 aliphatic rings. The summed E-state index contributed by atoms with van der Waals surface area (Å²) >= 11 is 5.72. The molecule has 2 aromatic rings. The molecule has 0 heterocycles. The van der Waals surface area contributed by atoms with Crippen LogP contribution in [0.2, 0.25) is 0 Å². The van der Waals surface area contributed by atoms with E-state index in [1.165, 1.54) is 12.7 Å². The molecule has 186 valence electrons. The second-order valence-corrected chi connectivity index (χ2v) is 9.42.